The highest BCUT2D eigenvalue weighted by molar-refractivity contribution is 6.08. The fourth-order valence-corrected chi connectivity index (χ4v) is 3.35. The van der Waals surface area contributed by atoms with Crippen molar-refractivity contribution in [3.05, 3.63) is 11.8 Å². The lowest BCUT2D eigenvalue weighted by Crippen LogP contribution is -2.54. The third kappa shape index (κ3) is 2.85. The minimum Gasteiger partial charge on any atom is -0.454 e. The number of esters is 1. The summed E-state index contributed by atoms with van der Waals surface area (Å²) < 4.78 is 10.1. The zero-order valence-electron chi connectivity index (χ0n) is 13.7. The van der Waals surface area contributed by atoms with Crippen LogP contribution < -0.4 is 5.32 Å². The van der Waals surface area contributed by atoms with Crippen LogP contribution in [0.5, 0.6) is 0 Å². The molecule has 1 aliphatic carbocycles. The van der Waals surface area contributed by atoms with Crippen molar-refractivity contribution in [2.45, 2.75) is 51.7 Å². The number of ether oxygens (including phenoxy) is 1. The lowest BCUT2D eigenvalue weighted by atomic mass is 9.73. The zero-order valence-corrected chi connectivity index (χ0v) is 13.7. The summed E-state index contributed by atoms with van der Waals surface area (Å²) in [6.07, 6.45) is 3.40. The minimum atomic E-state index is -0.876. The Bertz CT molecular complexity index is 673. The third-order valence-corrected chi connectivity index (χ3v) is 4.71. The Morgan fingerprint density at radius 2 is 2.21 bits per heavy atom. The van der Waals surface area contributed by atoms with E-state index in [0.29, 0.717) is 12.3 Å². The highest BCUT2D eigenvalue weighted by atomic mass is 16.5. The van der Waals surface area contributed by atoms with Crippen LogP contribution in [0, 0.1) is 12.8 Å². The van der Waals surface area contributed by atoms with Crippen LogP contribution in [0.25, 0.3) is 0 Å². The molecule has 2 fully saturated rings. The van der Waals surface area contributed by atoms with E-state index in [2.05, 4.69) is 15.5 Å². The summed E-state index contributed by atoms with van der Waals surface area (Å²) in [5.74, 6) is -0.468. The van der Waals surface area contributed by atoms with Gasteiger partial charge in [-0.3, -0.25) is 14.5 Å². The minimum absolute atomic E-state index is 0.0464. The first-order valence-corrected chi connectivity index (χ1v) is 8.01. The van der Waals surface area contributed by atoms with Gasteiger partial charge < -0.3 is 14.5 Å². The maximum atomic E-state index is 12.7. The van der Waals surface area contributed by atoms with Crippen molar-refractivity contribution >= 4 is 17.9 Å². The SMILES string of the molecule is Cc1nnc(COC(=O)CN2C(=O)N[C@@]3(CCCC[C@@H]3C)C2=O)o1. The number of hydrogen-bond acceptors (Lipinski definition) is 7. The number of carbonyl (C=O) groups excluding carboxylic acids is 3. The first-order valence-electron chi connectivity index (χ1n) is 8.01. The molecular formula is C15H20N4O5. The normalized spacial score (nSPS) is 26.8. The number of amides is 3. The van der Waals surface area contributed by atoms with Gasteiger partial charge >= 0.3 is 12.0 Å². The topological polar surface area (TPSA) is 115 Å². The summed E-state index contributed by atoms with van der Waals surface area (Å²) in [7, 11) is 0. The van der Waals surface area contributed by atoms with Gasteiger partial charge in [0, 0.05) is 6.92 Å². The molecule has 0 bridgehead atoms. The number of urea groups is 1. The molecule has 3 rings (SSSR count). The number of hydrogen-bond donors (Lipinski definition) is 1. The average Bonchev–Trinajstić information content (AvgIpc) is 3.06. The molecule has 2 atom stereocenters. The summed E-state index contributed by atoms with van der Waals surface area (Å²) >= 11 is 0. The van der Waals surface area contributed by atoms with Gasteiger partial charge in [-0.15, -0.1) is 10.2 Å². The van der Waals surface area contributed by atoms with Gasteiger partial charge in [0.25, 0.3) is 11.8 Å². The molecule has 9 heteroatoms. The second-order valence-electron chi connectivity index (χ2n) is 6.32. The summed E-state index contributed by atoms with van der Waals surface area (Å²) in [6, 6.07) is -0.542. The maximum Gasteiger partial charge on any atom is 0.326 e. The number of aryl methyl sites for hydroxylation is 1. The molecule has 9 nitrogen and oxygen atoms in total. The second kappa shape index (κ2) is 6.21. The van der Waals surface area contributed by atoms with E-state index in [9.17, 15) is 14.4 Å². The Labute approximate surface area is 138 Å². The largest absolute Gasteiger partial charge is 0.454 e. The van der Waals surface area contributed by atoms with Gasteiger partial charge in [-0.05, 0) is 18.8 Å². The number of imide groups is 1. The Morgan fingerprint density at radius 3 is 2.88 bits per heavy atom. The van der Waals surface area contributed by atoms with Crippen LogP contribution in [0.3, 0.4) is 0 Å². The molecule has 1 spiro atoms. The smallest absolute Gasteiger partial charge is 0.326 e. The second-order valence-corrected chi connectivity index (χ2v) is 6.32. The van der Waals surface area contributed by atoms with E-state index in [0.717, 1.165) is 24.2 Å². The molecule has 2 heterocycles. The van der Waals surface area contributed by atoms with Gasteiger partial charge in [0.1, 0.15) is 12.1 Å². The van der Waals surface area contributed by atoms with E-state index in [1.54, 1.807) is 6.92 Å². The van der Waals surface area contributed by atoms with Crippen LogP contribution in [0.1, 0.15) is 44.4 Å². The summed E-state index contributed by atoms with van der Waals surface area (Å²) in [5.41, 5.74) is -0.876. The van der Waals surface area contributed by atoms with Crippen molar-refractivity contribution in [2.24, 2.45) is 5.92 Å². The van der Waals surface area contributed by atoms with Crippen molar-refractivity contribution in [3.63, 3.8) is 0 Å². The molecule has 0 unspecified atom stereocenters. The van der Waals surface area contributed by atoms with Crippen LogP contribution in [0.15, 0.2) is 4.42 Å². The monoisotopic (exact) mass is 336 g/mol. The molecule has 130 valence electrons. The van der Waals surface area contributed by atoms with Crippen LogP contribution in [0.4, 0.5) is 4.79 Å². The summed E-state index contributed by atoms with van der Waals surface area (Å²) in [5, 5.41) is 10.1. The average molecular weight is 336 g/mol. The molecule has 3 amide bonds. The van der Waals surface area contributed by atoms with Crippen LogP contribution in [0.2, 0.25) is 0 Å². The maximum absolute atomic E-state index is 12.7. The Hall–Kier alpha value is -2.45. The highest BCUT2D eigenvalue weighted by Gasteiger charge is 2.55. The summed E-state index contributed by atoms with van der Waals surface area (Å²) in [6.45, 7) is 2.96. The number of nitrogens with one attached hydrogen (secondary N) is 1. The predicted octanol–water partition coefficient (Wildman–Crippen LogP) is 0.922. The Morgan fingerprint density at radius 1 is 1.42 bits per heavy atom. The van der Waals surface area contributed by atoms with Crippen molar-refractivity contribution in [2.75, 3.05) is 6.54 Å². The van der Waals surface area contributed by atoms with Crippen molar-refractivity contribution in [3.8, 4) is 0 Å². The first-order chi connectivity index (χ1) is 11.4. The van der Waals surface area contributed by atoms with Crippen LogP contribution in [-0.4, -0.2) is 45.1 Å². The van der Waals surface area contributed by atoms with E-state index in [1.165, 1.54) is 0 Å². The third-order valence-electron chi connectivity index (χ3n) is 4.71. The number of rotatable bonds is 4. The van der Waals surface area contributed by atoms with Crippen molar-refractivity contribution in [1.29, 1.82) is 0 Å². The van der Waals surface area contributed by atoms with Crippen molar-refractivity contribution < 1.29 is 23.5 Å². The summed E-state index contributed by atoms with van der Waals surface area (Å²) in [4.78, 5) is 37.7. The molecule has 1 aliphatic heterocycles. The number of carbonyl (C=O) groups is 3. The first kappa shape index (κ1) is 16.4. The van der Waals surface area contributed by atoms with E-state index < -0.39 is 24.1 Å². The lowest BCUT2D eigenvalue weighted by Gasteiger charge is -2.36. The number of nitrogens with zero attached hydrogens (tertiary/aromatic N) is 3. The fourth-order valence-electron chi connectivity index (χ4n) is 3.35. The van der Waals surface area contributed by atoms with E-state index in [1.807, 2.05) is 6.92 Å². The molecule has 1 N–H and O–H groups in total. The van der Waals surface area contributed by atoms with E-state index in [-0.39, 0.29) is 24.3 Å². The quantitative estimate of drug-likeness (QED) is 0.642. The number of aromatic nitrogens is 2. The lowest BCUT2D eigenvalue weighted by molar-refractivity contribution is -0.150. The van der Waals surface area contributed by atoms with Gasteiger partial charge in [-0.1, -0.05) is 19.8 Å². The van der Waals surface area contributed by atoms with Gasteiger partial charge in [-0.25, -0.2) is 4.79 Å². The molecule has 24 heavy (non-hydrogen) atoms. The van der Waals surface area contributed by atoms with Crippen LogP contribution in [-0.2, 0) is 20.9 Å². The van der Waals surface area contributed by atoms with Gasteiger partial charge in [-0.2, -0.15) is 0 Å². The highest BCUT2D eigenvalue weighted by Crippen LogP contribution is 2.38. The van der Waals surface area contributed by atoms with Gasteiger partial charge in [0.2, 0.25) is 5.89 Å². The van der Waals surface area contributed by atoms with Crippen molar-refractivity contribution in [1.82, 2.24) is 20.4 Å². The van der Waals surface area contributed by atoms with Gasteiger partial charge in [0.15, 0.2) is 6.61 Å². The molecule has 1 saturated heterocycles. The Balaban J connectivity index is 1.61. The van der Waals surface area contributed by atoms with Crippen LogP contribution >= 0.6 is 0 Å². The molecule has 1 aromatic rings. The molecule has 0 radical (unpaired) electrons. The molecule has 1 saturated carbocycles. The zero-order chi connectivity index (χ0) is 17.3. The van der Waals surface area contributed by atoms with Gasteiger partial charge in [0.05, 0.1) is 0 Å². The molecular weight excluding hydrogens is 316 g/mol. The Kier molecular flexibility index (Phi) is 4.25. The standard InChI is InChI=1S/C15H20N4O5/c1-9-5-3-4-6-15(9)13(21)19(14(22)16-15)7-12(20)23-8-11-18-17-10(2)24-11/h9H,3-8H2,1-2H3,(H,16,22)/t9-,15+/m0/s1. The van der Waals surface area contributed by atoms with E-state index in [4.69, 9.17) is 9.15 Å². The van der Waals surface area contributed by atoms with E-state index >= 15 is 0 Å². The fraction of sp³-hybridized carbons (Fsp3) is 0.667. The molecule has 0 aromatic carbocycles. The molecule has 1 aromatic heterocycles. The predicted molar refractivity (Wildman–Crippen MR) is 79.4 cm³/mol. The molecule has 2 aliphatic rings.